The van der Waals surface area contributed by atoms with E-state index in [1.54, 1.807) is 4.90 Å². The number of hydrogen-bond donors (Lipinski definition) is 2. The molecule has 108 valence electrons. The van der Waals surface area contributed by atoms with Crippen molar-refractivity contribution in [3.63, 3.8) is 0 Å². The number of amides is 2. The summed E-state index contributed by atoms with van der Waals surface area (Å²) in [7, 11) is 0. The van der Waals surface area contributed by atoms with Gasteiger partial charge in [0.1, 0.15) is 0 Å². The minimum atomic E-state index is -0.337. The molecule has 1 saturated carbocycles. The van der Waals surface area contributed by atoms with Crippen LogP contribution in [0.1, 0.15) is 32.1 Å². The van der Waals surface area contributed by atoms with Crippen molar-refractivity contribution in [3.8, 4) is 0 Å². The number of hydrogen-bond acceptors (Lipinski definition) is 3. The zero-order chi connectivity index (χ0) is 13.2. The highest BCUT2D eigenvalue weighted by molar-refractivity contribution is 5.74. The number of carbonyl (C=O) groups excluding carboxylic acids is 1. The second-order valence-corrected chi connectivity index (χ2v) is 6.31. The molecule has 1 aliphatic carbocycles. The van der Waals surface area contributed by atoms with Crippen molar-refractivity contribution < 1.29 is 9.90 Å². The number of β-amino-alcohol motifs (C(OH)–C–C–N with tert-alkyl or cyclic N) is 1. The Morgan fingerprint density at radius 3 is 2.74 bits per heavy atom. The van der Waals surface area contributed by atoms with Gasteiger partial charge in [-0.25, -0.2) is 4.79 Å². The van der Waals surface area contributed by atoms with Gasteiger partial charge in [-0.05, 0) is 44.6 Å². The second-order valence-electron chi connectivity index (χ2n) is 6.31. The lowest BCUT2D eigenvalue weighted by molar-refractivity contribution is 0.0840. The molecule has 2 saturated heterocycles. The van der Waals surface area contributed by atoms with Gasteiger partial charge in [-0.2, -0.15) is 0 Å². The zero-order valence-electron chi connectivity index (χ0n) is 11.6. The first-order valence-corrected chi connectivity index (χ1v) is 7.67. The Bertz CT molecular complexity index is 333. The lowest BCUT2D eigenvalue weighted by atomic mass is 10.1. The molecule has 0 aromatic carbocycles. The summed E-state index contributed by atoms with van der Waals surface area (Å²) in [6.07, 6.45) is 5.34. The van der Waals surface area contributed by atoms with E-state index < -0.39 is 0 Å². The minimum Gasteiger partial charge on any atom is -0.391 e. The smallest absolute Gasteiger partial charge is 0.317 e. The van der Waals surface area contributed by atoms with E-state index in [4.69, 9.17) is 0 Å². The van der Waals surface area contributed by atoms with Crippen LogP contribution in [-0.2, 0) is 0 Å². The van der Waals surface area contributed by atoms with Crippen molar-refractivity contribution in [2.75, 3.05) is 32.7 Å². The molecular weight excluding hydrogens is 242 g/mol. The summed E-state index contributed by atoms with van der Waals surface area (Å²) in [6.45, 7) is 4.41. The second kappa shape index (κ2) is 5.67. The predicted octanol–water partition coefficient (Wildman–Crippen LogP) is 0.637. The molecule has 2 N–H and O–H groups in total. The Morgan fingerprint density at radius 2 is 2.00 bits per heavy atom. The van der Waals surface area contributed by atoms with Gasteiger partial charge in [0.05, 0.1) is 6.10 Å². The summed E-state index contributed by atoms with van der Waals surface area (Å²) in [5, 5.41) is 12.6. The zero-order valence-corrected chi connectivity index (χ0v) is 11.6. The Balaban J connectivity index is 1.38. The maximum absolute atomic E-state index is 12.0. The number of piperidine rings is 1. The largest absolute Gasteiger partial charge is 0.391 e. The Morgan fingerprint density at radius 1 is 1.16 bits per heavy atom. The van der Waals surface area contributed by atoms with Crippen molar-refractivity contribution >= 4 is 6.03 Å². The molecule has 3 fully saturated rings. The van der Waals surface area contributed by atoms with Crippen LogP contribution in [0.15, 0.2) is 0 Å². The van der Waals surface area contributed by atoms with Crippen LogP contribution in [0.25, 0.3) is 0 Å². The fourth-order valence-corrected chi connectivity index (χ4v) is 3.28. The van der Waals surface area contributed by atoms with Crippen LogP contribution < -0.4 is 5.32 Å². The molecule has 3 aliphatic rings. The topological polar surface area (TPSA) is 55.8 Å². The predicted molar refractivity (Wildman–Crippen MR) is 72.9 cm³/mol. The van der Waals surface area contributed by atoms with E-state index in [0.29, 0.717) is 12.5 Å². The Kier molecular flexibility index (Phi) is 3.93. The van der Waals surface area contributed by atoms with Gasteiger partial charge in [0, 0.05) is 32.2 Å². The van der Waals surface area contributed by atoms with E-state index in [0.717, 1.165) is 38.5 Å². The minimum absolute atomic E-state index is 0.00335. The van der Waals surface area contributed by atoms with Gasteiger partial charge in [-0.3, -0.25) is 0 Å². The quantitative estimate of drug-likeness (QED) is 0.789. The van der Waals surface area contributed by atoms with E-state index in [9.17, 15) is 9.90 Å². The highest BCUT2D eigenvalue weighted by atomic mass is 16.3. The molecule has 2 amide bonds. The number of likely N-dealkylation sites (tertiary alicyclic amines) is 2. The molecule has 2 atom stereocenters. The fraction of sp³-hybridized carbons (Fsp3) is 0.929. The number of nitrogens with zero attached hydrogens (tertiary/aromatic N) is 2. The summed E-state index contributed by atoms with van der Waals surface area (Å²) in [5.41, 5.74) is 0. The average Bonchev–Trinajstić information content (AvgIpc) is 3.15. The Hall–Kier alpha value is -0.810. The first-order chi connectivity index (χ1) is 9.22. The maximum Gasteiger partial charge on any atom is 0.317 e. The summed E-state index contributed by atoms with van der Waals surface area (Å²) < 4.78 is 0. The molecule has 0 spiro atoms. The van der Waals surface area contributed by atoms with E-state index >= 15 is 0 Å². The molecular formula is C14H25N3O2. The van der Waals surface area contributed by atoms with E-state index in [1.165, 1.54) is 25.8 Å². The van der Waals surface area contributed by atoms with Crippen LogP contribution in [0.2, 0.25) is 0 Å². The van der Waals surface area contributed by atoms with Crippen molar-refractivity contribution in [2.24, 2.45) is 5.92 Å². The van der Waals surface area contributed by atoms with Gasteiger partial charge in [-0.15, -0.1) is 0 Å². The van der Waals surface area contributed by atoms with Gasteiger partial charge in [-0.1, -0.05) is 0 Å². The molecule has 0 aromatic rings. The van der Waals surface area contributed by atoms with E-state index in [-0.39, 0.29) is 12.1 Å². The van der Waals surface area contributed by atoms with Crippen molar-refractivity contribution in [1.29, 1.82) is 0 Å². The monoisotopic (exact) mass is 267 g/mol. The molecule has 2 unspecified atom stereocenters. The van der Waals surface area contributed by atoms with Gasteiger partial charge in [0.25, 0.3) is 0 Å². The number of nitrogens with one attached hydrogen (secondary N) is 1. The number of aliphatic hydroxyl groups excluding tert-OH is 1. The van der Waals surface area contributed by atoms with Crippen LogP contribution >= 0.6 is 0 Å². The molecule has 19 heavy (non-hydrogen) atoms. The summed E-state index contributed by atoms with van der Waals surface area (Å²) >= 11 is 0. The molecule has 2 heterocycles. The van der Waals surface area contributed by atoms with Crippen LogP contribution in [-0.4, -0.2) is 65.8 Å². The first kappa shape index (κ1) is 13.2. The first-order valence-electron chi connectivity index (χ1n) is 7.67. The lowest BCUT2D eigenvalue weighted by Crippen LogP contribution is -2.48. The van der Waals surface area contributed by atoms with Gasteiger partial charge < -0.3 is 20.2 Å². The highest BCUT2D eigenvalue weighted by Gasteiger charge is 2.34. The Labute approximate surface area is 114 Å². The average molecular weight is 267 g/mol. The maximum atomic E-state index is 12.0. The van der Waals surface area contributed by atoms with Crippen LogP contribution in [0.4, 0.5) is 4.79 Å². The number of carbonyl (C=O) groups is 1. The number of rotatable bonds is 3. The SMILES string of the molecule is O=C(NCC1CCN(C2CC2)C1)N1CCCC(O)C1. The number of urea groups is 1. The molecule has 3 rings (SSSR count). The molecule has 5 heteroatoms. The standard InChI is InChI=1S/C14H25N3O2/c18-13-2-1-6-17(10-13)14(19)15-8-11-5-7-16(9-11)12-3-4-12/h11-13,18H,1-10H2,(H,15,19). The van der Waals surface area contributed by atoms with Crippen LogP contribution in [0.3, 0.4) is 0 Å². The molecule has 0 bridgehead atoms. The van der Waals surface area contributed by atoms with Gasteiger partial charge >= 0.3 is 6.03 Å². The van der Waals surface area contributed by atoms with Gasteiger partial charge in [0.15, 0.2) is 0 Å². The summed E-state index contributed by atoms with van der Waals surface area (Å²) in [4.78, 5) is 16.3. The fourth-order valence-electron chi connectivity index (χ4n) is 3.28. The van der Waals surface area contributed by atoms with Crippen LogP contribution in [0.5, 0.6) is 0 Å². The normalized spacial score (nSPS) is 32.6. The van der Waals surface area contributed by atoms with Gasteiger partial charge in [0.2, 0.25) is 0 Å². The van der Waals surface area contributed by atoms with Crippen LogP contribution in [0, 0.1) is 5.92 Å². The molecule has 5 nitrogen and oxygen atoms in total. The van der Waals surface area contributed by atoms with Crippen molar-refractivity contribution in [3.05, 3.63) is 0 Å². The molecule has 0 radical (unpaired) electrons. The molecule has 2 aliphatic heterocycles. The van der Waals surface area contributed by atoms with Crippen molar-refractivity contribution in [1.82, 2.24) is 15.1 Å². The van der Waals surface area contributed by atoms with Crippen molar-refractivity contribution in [2.45, 2.75) is 44.2 Å². The van der Waals surface area contributed by atoms with E-state index in [2.05, 4.69) is 10.2 Å². The highest BCUT2D eigenvalue weighted by Crippen LogP contribution is 2.31. The third kappa shape index (κ3) is 3.39. The number of aliphatic hydroxyl groups is 1. The molecule has 0 aromatic heterocycles. The van der Waals surface area contributed by atoms with E-state index in [1.807, 2.05) is 0 Å². The third-order valence-electron chi connectivity index (χ3n) is 4.61. The lowest BCUT2D eigenvalue weighted by Gasteiger charge is -2.30. The third-order valence-corrected chi connectivity index (χ3v) is 4.61. The summed E-state index contributed by atoms with van der Waals surface area (Å²) in [6, 6.07) is 0.849. The summed E-state index contributed by atoms with van der Waals surface area (Å²) in [5.74, 6) is 0.610.